The van der Waals surface area contributed by atoms with Crippen LogP contribution in [0.4, 0.5) is 11.4 Å². The quantitative estimate of drug-likeness (QED) is 0.635. The average Bonchev–Trinajstić information content (AvgIpc) is 3.23. The standard InChI is InChI=1S/C23H20N2O2S/c1-14-11-15(2)13-17(12-14)25-22(26)20(19-9-6-10-28-19)21(23(25)27)24-18-8-5-4-7-16(18)3/h4-13,24H,1-3H3. The summed E-state index contributed by atoms with van der Waals surface area (Å²) in [5, 5.41) is 5.14. The normalized spacial score (nSPS) is 14.2. The zero-order valence-electron chi connectivity index (χ0n) is 15.9. The van der Waals surface area contributed by atoms with Crippen molar-refractivity contribution in [3.63, 3.8) is 0 Å². The maximum atomic E-state index is 13.3. The first kappa shape index (κ1) is 18.2. The molecule has 140 valence electrons. The summed E-state index contributed by atoms with van der Waals surface area (Å²) in [6, 6.07) is 17.2. The number of aryl methyl sites for hydroxylation is 3. The Morgan fingerprint density at radius 1 is 0.857 bits per heavy atom. The topological polar surface area (TPSA) is 49.4 Å². The second-order valence-electron chi connectivity index (χ2n) is 6.96. The fourth-order valence-electron chi connectivity index (χ4n) is 3.46. The number of anilines is 2. The third-order valence-corrected chi connectivity index (χ3v) is 5.61. The van der Waals surface area contributed by atoms with E-state index in [2.05, 4.69) is 5.32 Å². The lowest BCUT2D eigenvalue weighted by atomic mass is 10.1. The number of carbonyl (C=O) groups is 2. The van der Waals surface area contributed by atoms with Gasteiger partial charge in [-0.1, -0.05) is 30.3 Å². The highest BCUT2D eigenvalue weighted by atomic mass is 32.1. The lowest BCUT2D eigenvalue weighted by Gasteiger charge is -2.17. The van der Waals surface area contributed by atoms with Crippen molar-refractivity contribution in [1.82, 2.24) is 0 Å². The van der Waals surface area contributed by atoms with Crippen LogP contribution in [-0.2, 0) is 9.59 Å². The van der Waals surface area contributed by atoms with E-state index < -0.39 is 0 Å². The number of carbonyl (C=O) groups excluding carboxylic acids is 2. The van der Waals surface area contributed by atoms with E-state index in [1.807, 2.05) is 80.7 Å². The highest BCUT2D eigenvalue weighted by Gasteiger charge is 2.40. The van der Waals surface area contributed by atoms with Gasteiger partial charge in [0.15, 0.2) is 0 Å². The maximum Gasteiger partial charge on any atom is 0.282 e. The van der Waals surface area contributed by atoms with Crippen LogP contribution in [0.3, 0.4) is 0 Å². The minimum absolute atomic E-state index is 0.298. The van der Waals surface area contributed by atoms with E-state index in [1.165, 1.54) is 16.2 Å². The highest BCUT2D eigenvalue weighted by Crippen LogP contribution is 2.36. The molecule has 28 heavy (non-hydrogen) atoms. The van der Waals surface area contributed by atoms with E-state index in [9.17, 15) is 9.59 Å². The molecular weight excluding hydrogens is 368 g/mol. The lowest BCUT2D eigenvalue weighted by molar-refractivity contribution is -0.120. The molecule has 1 aliphatic rings. The summed E-state index contributed by atoms with van der Waals surface area (Å²) in [5.74, 6) is -0.629. The Bertz CT molecular complexity index is 1090. The maximum absolute atomic E-state index is 13.3. The Kier molecular flexibility index (Phi) is 4.61. The Hall–Kier alpha value is -3.18. The van der Waals surface area contributed by atoms with Crippen LogP contribution >= 0.6 is 11.3 Å². The number of nitrogens with one attached hydrogen (secondary N) is 1. The van der Waals surface area contributed by atoms with Crippen LogP contribution in [0, 0.1) is 20.8 Å². The van der Waals surface area contributed by atoms with Crippen LogP contribution < -0.4 is 10.2 Å². The fourth-order valence-corrected chi connectivity index (χ4v) is 4.23. The zero-order chi connectivity index (χ0) is 19.8. The van der Waals surface area contributed by atoms with Gasteiger partial charge in [0.25, 0.3) is 11.8 Å². The molecule has 0 aliphatic carbocycles. The van der Waals surface area contributed by atoms with Gasteiger partial charge in [-0.15, -0.1) is 11.3 Å². The lowest BCUT2D eigenvalue weighted by Crippen LogP contribution is -2.32. The van der Waals surface area contributed by atoms with Crippen LogP contribution in [-0.4, -0.2) is 11.8 Å². The number of amides is 2. The van der Waals surface area contributed by atoms with E-state index >= 15 is 0 Å². The zero-order valence-corrected chi connectivity index (χ0v) is 16.8. The molecule has 0 atom stereocenters. The Labute approximate surface area is 168 Å². The molecule has 4 rings (SSSR count). The SMILES string of the molecule is Cc1cc(C)cc(N2C(=O)C(Nc3ccccc3C)=C(c3cccs3)C2=O)c1. The molecular formula is C23H20N2O2S. The largest absolute Gasteiger partial charge is 0.350 e. The second-order valence-corrected chi connectivity index (χ2v) is 7.91. The van der Waals surface area contributed by atoms with Gasteiger partial charge < -0.3 is 5.32 Å². The molecule has 0 bridgehead atoms. The third-order valence-electron chi connectivity index (χ3n) is 4.72. The molecule has 1 aliphatic heterocycles. The first-order chi connectivity index (χ1) is 13.5. The van der Waals surface area contributed by atoms with Crippen molar-refractivity contribution in [1.29, 1.82) is 0 Å². The van der Waals surface area contributed by atoms with Crippen LogP contribution in [0.1, 0.15) is 21.6 Å². The molecule has 2 aromatic carbocycles. The van der Waals surface area contributed by atoms with Crippen molar-refractivity contribution in [3.05, 3.63) is 87.2 Å². The number of thiophene rings is 1. The van der Waals surface area contributed by atoms with Crippen molar-refractivity contribution in [2.45, 2.75) is 20.8 Å². The van der Waals surface area contributed by atoms with Crippen molar-refractivity contribution in [2.24, 2.45) is 0 Å². The smallest absolute Gasteiger partial charge is 0.282 e. The van der Waals surface area contributed by atoms with Gasteiger partial charge in [0.2, 0.25) is 0 Å². The van der Waals surface area contributed by atoms with Crippen LogP contribution in [0.15, 0.2) is 65.7 Å². The number of nitrogens with zero attached hydrogens (tertiary/aromatic N) is 1. The molecule has 0 fully saturated rings. The van der Waals surface area contributed by atoms with Gasteiger partial charge in [0.05, 0.1) is 11.3 Å². The van der Waals surface area contributed by atoms with Gasteiger partial charge in [-0.25, -0.2) is 4.90 Å². The number of hydrogen-bond acceptors (Lipinski definition) is 4. The number of hydrogen-bond donors (Lipinski definition) is 1. The molecule has 1 aromatic heterocycles. The molecule has 0 spiro atoms. The number of imide groups is 1. The molecule has 0 radical (unpaired) electrons. The molecule has 2 heterocycles. The first-order valence-corrected chi connectivity index (χ1v) is 9.91. The minimum atomic E-state index is -0.332. The molecule has 5 heteroatoms. The molecule has 2 amide bonds. The second kappa shape index (κ2) is 7.09. The third kappa shape index (κ3) is 3.14. The van der Waals surface area contributed by atoms with E-state index in [4.69, 9.17) is 0 Å². The number of benzene rings is 2. The number of para-hydroxylation sites is 1. The summed E-state index contributed by atoms with van der Waals surface area (Å²) in [6.45, 7) is 5.89. The van der Waals surface area contributed by atoms with Gasteiger partial charge in [0, 0.05) is 10.6 Å². The molecule has 4 nitrogen and oxygen atoms in total. The monoisotopic (exact) mass is 388 g/mol. The number of rotatable bonds is 4. The van der Waals surface area contributed by atoms with E-state index in [0.29, 0.717) is 17.0 Å². The van der Waals surface area contributed by atoms with Crippen LogP contribution in [0.25, 0.3) is 5.57 Å². The van der Waals surface area contributed by atoms with Gasteiger partial charge in [-0.2, -0.15) is 0 Å². The minimum Gasteiger partial charge on any atom is -0.350 e. The summed E-state index contributed by atoms with van der Waals surface area (Å²) in [5.41, 5.74) is 5.18. The summed E-state index contributed by atoms with van der Waals surface area (Å²) >= 11 is 1.45. The van der Waals surface area contributed by atoms with Crippen molar-refractivity contribution in [3.8, 4) is 0 Å². The molecule has 1 N–H and O–H groups in total. The van der Waals surface area contributed by atoms with Gasteiger partial charge in [0.1, 0.15) is 5.70 Å². The molecule has 0 unspecified atom stereocenters. The fraction of sp³-hybridized carbons (Fsp3) is 0.130. The predicted molar refractivity (Wildman–Crippen MR) is 114 cm³/mol. The van der Waals surface area contributed by atoms with Crippen LogP contribution in [0.2, 0.25) is 0 Å². The van der Waals surface area contributed by atoms with Gasteiger partial charge in [-0.05, 0) is 67.1 Å². The molecule has 0 saturated heterocycles. The van der Waals surface area contributed by atoms with Crippen LogP contribution in [0.5, 0.6) is 0 Å². The molecule has 0 saturated carbocycles. The predicted octanol–water partition coefficient (Wildman–Crippen LogP) is 5.07. The summed E-state index contributed by atoms with van der Waals surface area (Å²) < 4.78 is 0. The first-order valence-electron chi connectivity index (χ1n) is 9.03. The Balaban J connectivity index is 1.83. The molecule has 3 aromatic rings. The van der Waals surface area contributed by atoms with Crippen molar-refractivity contribution < 1.29 is 9.59 Å². The van der Waals surface area contributed by atoms with Gasteiger partial charge >= 0.3 is 0 Å². The van der Waals surface area contributed by atoms with Crippen molar-refractivity contribution in [2.75, 3.05) is 10.2 Å². The highest BCUT2D eigenvalue weighted by molar-refractivity contribution is 7.11. The van der Waals surface area contributed by atoms with E-state index in [1.54, 1.807) is 0 Å². The summed E-state index contributed by atoms with van der Waals surface area (Å²) in [7, 11) is 0. The summed E-state index contributed by atoms with van der Waals surface area (Å²) in [6.07, 6.45) is 0. The Morgan fingerprint density at radius 2 is 1.57 bits per heavy atom. The average molecular weight is 388 g/mol. The van der Waals surface area contributed by atoms with E-state index in [-0.39, 0.29) is 11.8 Å². The Morgan fingerprint density at radius 3 is 2.21 bits per heavy atom. The summed E-state index contributed by atoms with van der Waals surface area (Å²) in [4.78, 5) is 28.7. The van der Waals surface area contributed by atoms with E-state index in [0.717, 1.165) is 27.3 Å². The van der Waals surface area contributed by atoms with Crippen molar-refractivity contribution >= 4 is 40.1 Å². The van der Waals surface area contributed by atoms with Gasteiger partial charge in [-0.3, -0.25) is 9.59 Å².